The van der Waals surface area contributed by atoms with Crippen LogP contribution in [0.5, 0.6) is 0 Å². The number of carbonyl (C=O) groups excluding carboxylic acids is 3. The molecule has 0 radical (unpaired) electrons. The molecule has 4 aromatic rings. The predicted molar refractivity (Wildman–Crippen MR) is 171 cm³/mol. The number of aromatic nitrogens is 6. The van der Waals surface area contributed by atoms with Crippen LogP contribution in [0.25, 0.3) is 22.5 Å². The van der Waals surface area contributed by atoms with E-state index in [0.29, 0.717) is 18.1 Å². The first-order valence-corrected chi connectivity index (χ1v) is 16.2. The molecule has 5 atom stereocenters. The van der Waals surface area contributed by atoms with E-state index < -0.39 is 48.8 Å². The topological polar surface area (TPSA) is 179 Å². The minimum atomic E-state index is -1.33. The van der Waals surface area contributed by atoms with E-state index in [0.717, 1.165) is 35.1 Å². The van der Waals surface area contributed by atoms with Crippen LogP contribution in [-0.4, -0.2) is 92.2 Å². The van der Waals surface area contributed by atoms with Gasteiger partial charge in [0.25, 0.3) is 0 Å². The zero-order chi connectivity index (χ0) is 34.5. The number of esters is 2. The number of tetrazole rings is 1. The van der Waals surface area contributed by atoms with Crippen LogP contribution in [0.1, 0.15) is 55.5 Å². The fourth-order valence-electron chi connectivity index (χ4n) is 5.90. The summed E-state index contributed by atoms with van der Waals surface area (Å²) in [6.07, 6.45) is -2.66. The number of nitrogens with one attached hydrogen (secondary N) is 1. The third kappa shape index (κ3) is 7.74. The summed E-state index contributed by atoms with van der Waals surface area (Å²) in [4.78, 5) is 41.9. The van der Waals surface area contributed by atoms with E-state index in [2.05, 4.69) is 32.5 Å². The van der Waals surface area contributed by atoms with E-state index in [4.69, 9.17) is 40.0 Å². The standard InChI is InChI=1S/C33H35ClN6O9/c1-4-5-10-26-35-30(34)27(32(42)47-19(3)48-33(43)49-25-17-45-28-24(46-18(2)41)16-44-29(25)28)40(26)15-20-11-13-21(14-12-20)22-8-6-7-9-23(22)31-36-38-39-37-31/h6-9,11-14,19,24-25,28-29H,4-5,10,15-17H2,1-3H3,(H,36,37,38,39)/t19?,24-,25?,28+,29+/m0/s1. The summed E-state index contributed by atoms with van der Waals surface area (Å²) in [5, 5.41) is 14.4. The zero-order valence-electron chi connectivity index (χ0n) is 27.0. The number of hydrogen-bond donors (Lipinski definition) is 1. The van der Waals surface area contributed by atoms with Crippen molar-refractivity contribution in [3.05, 3.63) is 70.8 Å². The summed E-state index contributed by atoms with van der Waals surface area (Å²) in [6.45, 7) is 5.16. The lowest BCUT2D eigenvalue weighted by Gasteiger charge is -2.19. The molecule has 0 saturated carbocycles. The van der Waals surface area contributed by atoms with Gasteiger partial charge in [0, 0.05) is 32.4 Å². The number of fused-ring (bicyclic) bond motifs is 1. The van der Waals surface area contributed by atoms with Gasteiger partial charge in [-0.3, -0.25) is 4.79 Å². The second-order valence-corrected chi connectivity index (χ2v) is 11.9. The first-order valence-electron chi connectivity index (χ1n) is 15.9. The number of aromatic amines is 1. The molecular weight excluding hydrogens is 660 g/mol. The molecule has 2 aliphatic heterocycles. The normalized spacial score (nSPS) is 20.4. The fraction of sp³-hybridized carbons (Fsp3) is 0.424. The monoisotopic (exact) mass is 694 g/mol. The van der Waals surface area contributed by atoms with Crippen LogP contribution in [0.3, 0.4) is 0 Å². The lowest BCUT2D eigenvalue weighted by molar-refractivity contribution is -0.151. The Morgan fingerprint density at radius 1 is 1.00 bits per heavy atom. The molecule has 16 heteroatoms. The average Bonchev–Trinajstić information content (AvgIpc) is 3.87. The highest BCUT2D eigenvalue weighted by Crippen LogP contribution is 2.32. The van der Waals surface area contributed by atoms with Crippen molar-refractivity contribution in [2.45, 2.75) is 77.3 Å². The summed E-state index contributed by atoms with van der Waals surface area (Å²) in [7, 11) is 0. The van der Waals surface area contributed by atoms with Crippen molar-refractivity contribution in [2.75, 3.05) is 13.2 Å². The molecular formula is C33H35ClN6O9. The van der Waals surface area contributed by atoms with Gasteiger partial charge in [-0.1, -0.05) is 73.5 Å². The Morgan fingerprint density at radius 2 is 1.69 bits per heavy atom. The molecule has 6 rings (SSSR count). The van der Waals surface area contributed by atoms with Crippen LogP contribution in [0.15, 0.2) is 48.5 Å². The quantitative estimate of drug-likeness (QED) is 0.124. The highest BCUT2D eigenvalue weighted by atomic mass is 35.5. The second kappa shape index (κ2) is 15.1. The van der Waals surface area contributed by atoms with Gasteiger partial charge in [0.05, 0.1) is 13.2 Å². The van der Waals surface area contributed by atoms with Crippen LogP contribution in [0.2, 0.25) is 5.15 Å². The molecule has 49 heavy (non-hydrogen) atoms. The maximum absolute atomic E-state index is 13.5. The first kappa shape index (κ1) is 34.0. The number of halogens is 1. The van der Waals surface area contributed by atoms with E-state index in [-0.39, 0.29) is 30.6 Å². The molecule has 0 amide bonds. The van der Waals surface area contributed by atoms with E-state index in [9.17, 15) is 14.4 Å². The molecule has 258 valence electrons. The summed E-state index contributed by atoms with van der Waals surface area (Å²) in [5.41, 5.74) is 3.63. The second-order valence-electron chi connectivity index (χ2n) is 11.6. The maximum Gasteiger partial charge on any atom is 0.511 e. The Labute approximate surface area is 286 Å². The summed E-state index contributed by atoms with van der Waals surface area (Å²) in [5.74, 6) is -0.175. The summed E-state index contributed by atoms with van der Waals surface area (Å²) in [6, 6.07) is 15.6. The van der Waals surface area contributed by atoms with Gasteiger partial charge in [-0.15, -0.1) is 10.2 Å². The molecule has 2 fully saturated rings. The van der Waals surface area contributed by atoms with Crippen molar-refractivity contribution < 1.29 is 42.8 Å². The summed E-state index contributed by atoms with van der Waals surface area (Å²) >= 11 is 6.52. The van der Waals surface area contributed by atoms with Gasteiger partial charge < -0.3 is 33.0 Å². The third-order valence-electron chi connectivity index (χ3n) is 8.13. The van der Waals surface area contributed by atoms with Gasteiger partial charge >= 0.3 is 18.1 Å². The SMILES string of the molecule is CCCCc1nc(Cl)c(C(=O)OC(C)OC(=O)OC2CO[C@@H]3[C@@H](OC(C)=O)CO[C@H]23)n1Cc1ccc(-c2ccccc2-c2nn[nH]n2)cc1. The van der Waals surface area contributed by atoms with Gasteiger partial charge in [-0.05, 0) is 28.3 Å². The van der Waals surface area contributed by atoms with Gasteiger partial charge in [0.15, 0.2) is 23.1 Å². The molecule has 2 unspecified atom stereocenters. The largest absolute Gasteiger partial charge is 0.511 e. The van der Waals surface area contributed by atoms with Gasteiger partial charge in [0.2, 0.25) is 12.1 Å². The van der Waals surface area contributed by atoms with Gasteiger partial charge in [0.1, 0.15) is 18.0 Å². The number of carbonyl (C=O) groups is 3. The Morgan fingerprint density at radius 3 is 2.35 bits per heavy atom. The maximum atomic E-state index is 13.5. The molecule has 1 N–H and O–H groups in total. The molecule has 0 aliphatic carbocycles. The van der Waals surface area contributed by atoms with Crippen LogP contribution in [-0.2, 0) is 46.2 Å². The van der Waals surface area contributed by atoms with Crippen LogP contribution >= 0.6 is 11.6 Å². The van der Waals surface area contributed by atoms with Crippen LogP contribution in [0, 0.1) is 0 Å². The van der Waals surface area contributed by atoms with Crippen molar-refractivity contribution in [1.82, 2.24) is 30.2 Å². The number of nitrogens with zero attached hydrogens (tertiary/aromatic N) is 5. The first-order chi connectivity index (χ1) is 23.7. The molecule has 2 aromatic heterocycles. The number of H-pyrrole nitrogens is 1. The van der Waals surface area contributed by atoms with Crippen molar-refractivity contribution in [1.29, 1.82) is 0 Å². The van der Waals surface area contributed by atoms with Crippen molar-refractivity contribution in [2.24, 2.45) is 0 Å². The van der Waals surface area contributed by atoms with Gasteiger partial charge in [-0.2, -0.15) is 5.21 Å². The van der Waals surface area contributed by atoms with Crippen LogP contribution in [0.4, 0.5) is 4.79 Å². The fourth-order valence-corrected chi connectivity index (χ4v) is 6.17. The highest BCUT2D eigenvalue weighted by Gasteiger charge is 2.51. The van der Waals surface area contributed by atoms with E-state index in [1.165, 1.54) is 13.8 Å². The molecule has 4 heterocycles. The van der Waals surface area contributed by atoms with Crippen LogP contribution < -0.4 is 0 Å². The minimum absolute atomic E-state index is 0.0219. The molecule has 2 aromatic carbocycles. The Balaban J connectivity index is 1.12. The number of rotatable bonds is 12. The molecule has 15 nitrogen and oxygen atoms in total. The molecule has 2 aliphatic rings. The number of hydrogen-bond acceptors (Lipinski definition) is 13. The third-order valence-corrected chi connectivity index (χ3v) is 8.40. The predicted octanol–water partition coefficient (Wildman–Crippen LogP) is 4.53. The average molecular weight is 695 g/mol. The molecule has 0 bridgehead atoms. The minimum Gasteiger partial charge on any atom is -0.457 e. The van der Waals surface area contributed by atoms with Crippen molar-refractivity contribution in [3.8, 4) is 22.5 Å². The summed E-state index contributed by atoms with van der Waals surface area (Å²) < 4.78 is 34.3. The van der Waals surface area contributed by atoms with E-state index in [1.807, 2.05) is 48.5 Å². The number of imidazole rings is 1. The van der Waals surface area contributed by atoms with Crippen molar-refractivity contribution in [3.63, 3.8) is 0 Å². The Kier molecular flexibility index (Phi) is 10.5. The Hall–Kier alpha value is -4.86. The van der Waals surface area contributed by atoms with Gasteiger partial charge in [-0.25, -0.2) is 14.6 Å². The van der Waals surface area contributed by atoms with Crippen molar-refractivity contribution >= 4 is 29.7 Å². The molecule has 0 spiro atoms. The lowest BCUT2D eigenvalue weighted by atomic mass is 9.98. The number of benzene rings is 2. The highest BCUT2D eigenvalue weighted by molar-refractivity contribution is 6.32. The lowest BCUT2D eigenvalue weighted by Crippen LogP contribution is -2.36. The van der Waals surface area contributed by atoms with E-state index >= 15 is 0 Å². The number of unbranched alkanes of at least 4 members (excludes halogenated alkanes) is 1. The van der Waals surface area contributed by atoms with E-state index in [1.54, 1.807) is 4.57 Å². The Bertz CT molecular complexity index is 1780. The number of aryl methyl sites for hydroxylation is 1. The number of ether oxygens (including phenoxy) is 6. The smallest absolute Gasteiger partial charge is 0.457 e. The zero-order valence-corrected chi connectivity index (χ0v) is 27.8. The molecule has 2 saturated heterocycles.